The minimum absolute atomic E-state index is 0.564. The summed E-state index contributed by atoms with van der Waals surface area (Å²) in [4.78, 5) is 10.9. The van der Waals surface area contributed by atoms with Crippen molar-refractivity contribution in [2.45, 2.75) is 39.8 Å². The molecule has 0 bridgehead atoms. The van der Waals surface area contributed by atoms with Gasteiger partial charge >= 0.3 is 0 Å². The summed E-state index contributed by atoms with van der Waals surface area (Å²) in [7, 11) is 0. The Morgan fingerprint density at radius 3 is 2.18 bits per heavy atom. The molecule has 1 aromatic heterocycles. The molecule has 0 unspecified atom stereocenters. The van der Waals surface area contributed by atoms with Gasteiger partial charge in [-0.15, -0.1) is 0 Å². The van der Waals surface area contributed by atoms with E-state index >= 15 is 0 Å². The number of hydrogen-bond acceptors (Lipinski definition) is 4. The lowest BCUT2D eigenvalue weighted by Crippen LogP contribution is -2.40. The Morgan fingerprint density at radius 2 is 1.71 bits per heavy atom. The van der Waals surface area contributed by atoms with E-state index in [9.17, 15) is 0 Å². The predicted molar refractivity (Wildman–Crippen MR) is 80.2 cm³/mol. The van der Waals surface area contributed by atoms with Gasteiger partial charge in [-0.2, -0.15) is 0 Å². The fraction of sp³-hybridized carbons (Fsp3) is 0.667. The molecular formula is C12H21IN4. The smallest absolute Gasteiger partial charge is 0.222 e. The molecule has 0 radical (unpaired) electrons. The van der Waals surface area contributed by atoms with Gasteiger partial charge in [-0.1, -0.05) is 0 Å². The van der Waals surface area contributed by atoms with Crippen LogP contribution in [0, 0.1) is 3.57 Å². The third kappa shape index (κ3) is 5.16. The molecule has 1 aromatic rings. The van der Waals surface area contributed by atoms with E-state index < -0.39 is 0 Å². The van der Waals surface area contributed by atoms with Crippen LogP contribution in [0.2, 0.25) is 0 Å². The van der Waals surface area contributed by atoms with E-state index in [4.69, 9.17) is 0 Å². The molecule has 0 aliphatic rings. The Labute approximate surface area is 117 Å². The van der Waals surface area contributed by atoms with Crippen LogP contribution in [0.1, 0.15) is 27.7 Å². The SMILES string of the molecule is CC(C)N(CCNc1ncc(I)cn1)C(C)C. The minimum atomic E-state index is 0.564. The van der Waals surface area contributed by atoms with Crippen molar-refractivity contribution in [2.75, 3.05) is 18.4 Å². The zero-order valence-corrected chi connectivity index (χ0v) is 13.1. The Bertz CT molecular complexity index is 316. The molecule has 0 aromatic carbocycles. The molecule has 1 N–H and O–H groups in total. The van der Waals surface area contributed by atoms with Crippen LogP contribution in [-0.2, 0) is 0 Å². The number of aromatic nitrogens is 2. The second-order valence-electron chi connectivity index (χ2n) is 4.58. The van der Waals surface area contributed by atoms with Crippen molar-refractivity contribution in [3.8, 4) is 0 Å². The van der Waals surface area contributed by atoms with Crippen molar-refractivity contribution in [3.05, 3.63) is 16.0 Å². The second-order valence-corrected chi connectivity index (χ2v) is 5.82. The summed E-state index contributed by atoms with van der Waals surface area (Å²) in [6.07, 6.45) is 3.64. The Balaban J connectivity index is 2.38. The normalized spacial score (nSPS) is 11.5. The van der Waals surface area contributed by atoms with E-state index in [1.54, 1.807) is 0 Å². The number of hydrogen-bond donors (Lipinski definition) is 1. The van der Waals surface area contributed by atoms with Gasteiger partial charge in [0.1, 0.15) is 0 Å². The molecule has 1 heterocycles. The quantitative estimate of drug-likeness (QED) is 0.803. The van der Waals surface area contributed by atoms with E-state index in [2.05, 4.69) is 70.5 Å². The fourth-order valence-electron chi connectivity index (χ4n) is 1.81. The van der Waals surface area contributed by atoms with E-state index in [1.165, 1.54) is 0 Å². The van der Waals surface area contributed by atoms with E-state index in [1.807, 2.05) is 12.4 Å². The molecule has 0 saturated carbocycles. The molecule has 4 nitrogen and oxygen atoms in total. The van der Waals surface area contributed by atoms with Crippen molar-refractivity contribution in [1.82, 2.24) is 14.9 Å². The lowest BCUT2D eigenvalue weighted by molar-refractivity contribution is 0.182. The van der Waals surface area contributed by atoms with Crippen molar-refractivity contribution in [3.63, 3.8) is 0 Å². The molecule has 0 fully saturated rings. The zero-order valence-electron chi connectivity index (χ0n) is 10.9. The number of nitrogens with zero attached hydrogens (tertiary/aromatic N) is 3. The third-order valence-corrected chi connectivity index (χ3v) is 3.16. The second kappa shape index (κ2) is 7.10. The first kappa shape index (κ1) is 14.6. The molecule has 17 heavy (non-hydrogen) atoms. The summed E-state index contributed by atoms with van der Waals surface area (Å²) in [5, 5.41) is 3.24. The van der Waals surface area contributed by atoms with Gasteiger partial charge in [0.05, 0.1) is 0 Å². The van der Waals surface area contributed by atoms with E-state index in [0.29, 0.717) is 18.0 Å². The summed E-state index contributed by atoms with van der Waals surface area (Å²) >= 11 is 2.20. The van der Waals surface area contributed by atoms with Crippen LogP contribution in [0.25, 0.3) is 0 Å². The van der Waals surface area contributed by atoms with Gasteiger partial charge in [-0.3, -0.25) is 4.90 Å². The maximum absolute atomic E-state index is 4.22. The summed E-state index contributed by atoms with van der Waals surface area (Å²) in [6.45, 7) is 10.8. The van der Waals surface area contributed by atoms with Gasteiger partial charge in [0, 0.05) is 41.1 Å². The molecule has 5 heteroatoms. The molecule has 0 atom stereocenters. The molecule has 1 rings (SSSR count). The average Bonchev–Trinajstić information content (AvgIpc) is 2.25. The van der Waals surface area contributed by atoms with Crippen LogP contribution in [0.4, 0.5) is 5.95 Å². The molecule has 0 aliphatic carbocycles. The Morgan fingerprint density at radius 1 is 1.18 bits per heavy atom. The van der Waals surface area contributed by atoms with E-state index in [-0.39, 0.29) is 0 Å². The van der Waals surface area contributed by atoms with Crippen molar-refractivity contribution in [2.24, 2.45) is 0 Å². The number of nitrogens with one attached hydrogen (secondary N) is 1. The number of rotatable bonds is 6. The first-order valence-corrected chi connectivity index (χ1v) is 7.05. The lowest BCUT2D eigenvalue weighted by atomic mass is 10.2. The van der Waals surface area contributed by atoms with Gasteiger partial charge in [-0.05, 0) is 50.3 Å². The molecule has 0 saturated heterocycles. The van der Waals surface area contributed by atoms with Gasteiger partial charge in [0.15, 0.2) is 0 Å². The maximum atomic E-state index is 4.22. The van der Waals surface area contributed by atoms with Crippen LogP contribution in [-0.4, -0.2) is 40.0 Å². The third-order valence-electron chi connectivity index (χ3n) is 2.60. The first-order chi connectivity index (χ1) is 8.00. The molecule has 0 spiro atoms. The highest BCUT2D eigenvalue weighted by atomic mass is 127. The summed E-state index contributed by atoms with van der Waals surface area (Å²) in [6, 6.07) is 1.13. The van der Waals surface area contributed by atoms with Crippen LogP contribution in [0.3, 0.4) is 0 Å². The Hall–Kier alpha value is -0.430. The first-order valence-electron chi connectivity index (χ1n) is 5.98. The van der Waals surface area contributed by atoms with Crippen LogP contribution in [0.15, 0.2) is 12.4 Å². The van der Waals surface area contributed by atoms with Gasteiger partial charge in [-0.25, -0.2) is 9.97 Å². The number of halogens is 1. The average molecular weight is 348 g/mol. The van der Waals surface area contributed by atoms with Gasteiger partial charge in [0.2, 0.25) is 5.95 Å². The fourth-order valence-corrected chi connectivity index (χ4v) is 2.09. The largest absolute Gasteiger partial charge is 0.353 e. The van der Waals surface area contributed by atoms with Crippen molar-refractivity contribution in [1.29, 1.82) is 0 Å². The van der Waals surface area contributed by atoms with Crippen LogP contribution >= 0.6 is 22.6 Å². The highest BCUT2D eigenvalue weighted by molar-refractivity contribution is 14.1. The highest BCUT2D eigenvalue weighted by Crippen LogP contribution is 2.05. The van der Waals surface area contributed by atoms with E-state index in [0.717, 1.165) is 16.7 Å². The summed E-state index contributed by atoms with van der Waals surface area (Å²) < 4.78 is 1.05. The lowest BCUT2D eigenvalue weighted by Gasteiger charge is -2.30. The van der Waals surface area contributed by atoms with Gasteiger partial charge in [0.25, 0.3) is 0 Å². The zero-order chi connectivity index (χ0) is 12.8. The highest BCUT2D eigenvalue weighted by Gasteiger charge is 2.12. The topological polar surface area (TPSA) is 41.0 Å². The summed E-state index contributed by atoms with van der Waals surface area (Å²) in [5.41, 5.74) is 0. The van der Waals surface area contributed by atoms with Crippen molar-refractivity contribution >= 4 is 28.5 Å². The maximum Gasteiger partial charge on any atom is 0.222 e. The Kier molecular flexibility index (Phi) is 6.11. The standard InChI is InChI=1S/C12H21IN4/c1-9(2)17(10(3)4)6-5-14-12-15-7-11(13)8-16-12/h7-10H,5-6H2,1-4H3,(H,14,15,16). The monoisotopic (exact) mass is 348 g/mol. The van der Waals surface area contributed by atoms with Crippen LogP contribution in [0.5, 0.6) is 0 Å². The molecule has 0 aliphatic heterocycles. The minimum Gasteiger partial charge on any atom is -0.353 e. The van der Waals surface area contributed by atoms with Crippen molar-refractivity contribution < 1.29 is 0 Å². The molecule has 96 valence electrons. The number of anilines is 1. The van der Waals surface area contributed by atoms with Gasteiger partial charge < -0.3 is 5.32 Å². The summed E-state index contributed by atoms with van der Waals surface area (Å²) in [5.74, 6) is 0.706. The molecule has 0 amide bonds. The molecular weight excluding hydrogens is 327 g/mol. The predicted octanol–water partition coefficient (Wildman–Crippen LogP) is 2.61. The van der Waals surface area contributed by atoms with Crippen LogP contribution < -0.4 is 5.32 Å².